The predicted octanol–water partition coefficient (Wildman–Crippen LogP) is 1.79. The average Bonchev–Trinajstić information content (AvgIpc) is 3.11. The summed E-state index contributed by atoms with van der Waals surface area (Å²) in [6.45, 7) is 4.02. The summed E-state index contributed by atoms with van der Waals surface area (Å²) in [5, 5.41) is 44.6. The van der Waals surface area contributed by atoms with Gasteiger partial charge in [0.1, 0.15) is 24.0 Å². The van der Waals surface area contributed by atoms with E-state index in [4.69, 9.17) is 14.6 Å². The normalized spacial score (nSPS) is 25.9. The van der Waals surface area contributed by atoms with E-state index < -0.39 is 60.0 Å². The van der Waals surface area contributed by atoms with Crippen LogP contribution >= 0.6 is 11.8 Å². The standard InChI is InChI=1S/C20H23F3N2O7S/c1-8(2)33-10-5-3-9(4-6-10)7-11-16(20(21,22)23)24-25-17(11)32-19-14(28)12(26)13(27)15(31-19)18(29)30/h3-6,8,12-15,19,26-28H,7H2,1-2H3,(H,24,25)(H,29,30)/t12-,13-,14+,15-,19?/m0/s1. The first-order chi connectivity index (χ1) is 15.4. The first-order valence-corrected chi connectivity index (χ1v) is 10.8. The molecule has 1 aliphatic heterocycles. The smallest absolute Gasteiger partial charge is 0.433 e. The maximum Gasteiger partial charge on any atom is 0.433 e. The molecule has 0 saturated carbocycles. The molecule has 0 bridgehead atoms. The highest BCUT2D eigenvalue weighted by Crippen LogP contribution is 2.37. The number of rotatable bonds is 7. The topological polar surface area (TPSA) is 145 Å². The van der Waals surface area contributed by atoms with Crippen molar-refractivity contribution in [1.82, 2.24) is 10.2 Å². The monoisotopic (exact) mass is 492 g/mol. The number of carbonyl (C=O) groups is 1. The van der Waals surface area contributed by atoms with Gasteiger partial charge in [0.05, 0.1) is 5.56 Å². The number of aromatic nitrogens is 2. The fourth-order valence-corrected chi connectivity index (χ4v) is 4.10. The van der Waals surface area contributed by atoms with Gasteiger partial charge in [0.2, 0.25) is 12.2 Å². The zero-order chi connectivity index (χ0) is 24.5. The summed E-state index contributed by atoms with van der Waals surface area (Å²) in [7, 11) is 0. The molecule has 9 nitrogen and oxygen atoms in total. The second-order valence-electron chi connectivity index (χ2n) is 7.72. The third-order valence-corrected chi connectivity index (χ3v) is 5.85. The number of ether oxygens (including phenoxy) is 2. The van der Waals surface area contributed by atoms with Gasteiger partial charge in [-0.3, -0.25) is 5.10 Å². The quantitative estimate of drug-likeness (QED) is 0.365. The Balaban J connectivity index is 1.89. The van der Waals surface area contributed by atoms with Crippen molar-refractivity contribution in [1.29, 1.82) is 0 Å². The summed E-state index contributed by atoms with van der Waals surface area (Å²) < 4.78 is 50.9. The van der Waals surface area contributed by atoms with Crippen molar-refractivity contribution >= 4 is 17.7 Å². The van der Waals surface area contributed by atoms with E-state index >= 15 is 0 Å². The highest BCUT2D eigenvalue weighted by molar-refractivity contribution is 7.99. The molecule has 2 heterocycles. The van der Waals surface area contributed by atoms with Gasteiger partial charge < -0.3 is 29.9 Å². The number of H-pyrrole nitrogens is 1. The number of benzene rings is 1. The lowest BCUT2D eigenvalue weighted by atomic mass is 9.99. The SMILES string of the molecule is CC(C)Sc1ccc(Cc2c(OC3O[C@H](C(=O)O)[C@@H](O)[C@H](O)[C@H]3O)n[nH]c2C(F)(F)F)cc1. The molecule has 0 aliphatic carbocycles. The minimum absolute atomic E-state index is 0.246. The molecular formula is C20H23F3N2O7S. The van der Waals surface area contributed by atoms with Crippen molar-refractivity contribution in [2.45, 2.75) is 67.3 Å². The van der Waals surface area contributed by atoms with Gasteiger partial charge in [-0.25, -0.2) is 4.79 Å². The van der Waals surface area contributed by atoms with Gasteiger partial charge in [-0.1, -0.05) is 26.0 Å². The fourth-order valence-electron chi connectivity index (χ4n) is 3.27. The van der Waals surface area contributed by atoms with Crippen molar-refractivity contribution in [2.24, 2.45) is 0 Å². The lowest BCUT2D eigenvalue weighted by Crippen LogP contribution is -2.61. The maximum atomic E-state index is 13.5. The Morgan fingerprint density at radius 3 is 2.36 bits per heavy atom. The van der Waals surface area contributed by atoms with Gasteiger partial charge in [0, 0.05) is 16.6 Å². The summed E-state index contributed by atoms with van der Waals surface area (Å²) in [6.07, 6.45) is -14.8. The number of carboxylic acids is 1. The summed E-state index contributed by atoms with van der Waals surface area (Å²) in [6, 6.07) is 6.87. The van der Waals surface area contributed by atoms with Crippen LogP contribution in [0.25, 0.3) is 0 Å². The molecule has 1 fully saturated rings. The van der Waals surface area contributed by atoms with Gasteiger partial charge >= 0.3 is 12.1 Å². The van der Waals surface area contributed by atoms with Crippen LogP contribution in [0.5, 0.6) is 5.88 Å². The number of halogens is 3. The zero-order valence-electron chi connectivity index (χ0n) is 17.5. The molecule has 1 aromatic carbocycles. The Morgan fingerprint density at radius 1 is 1.18 bits per heavy atom. The second kappa shape index (κ2) is 9.89. The van der Waals surface area contributed by atoms with Crippen LogP contribution in [0, 0.1) is 0 Å². The van der Waals surface area contributed by atoms with Crippen LogP contribution < -0.4 is 4.74 Å². The highest BCUT2D eigenvalue weighted by Gasteiger charge is 2.49. The van der Waals surface area contributed by atoms with Crippen LogP contribution in [0.15, 0.2) is 29.2 Å². The molecule has 182 valence electrons. The summed E-state index contributed by atoms with van der Waals surface area (Å²) in [4.78, 5) is 12.2. The van der Waals surface area contributed by atoms with Gasteiger partial charge in [-0.05, 0) is 17.7 Å². The number of aromatic amines is 1. The lowest BCUT2D eigenvalue weighted by molar-refractivity contribution is -0.271. The van der Waals surface area contributed by atoms with E-state index in [0.29, 0.717) is 10.8 Å². The molecule has 1 aliphatic rings. The van der Waals surface area contributed by atoms with E-state index in [1.807, 2.05) is 18.9 Å². The Kier molecular flexibility index (Phi) is 7.59. The number of alkyl halides is 3. The predicted molar refractivity (Wildman–Crippen MR) is 109 cm³/mol. The molecule has 0 radical (unpaired) electrons. The van der Waals surface area contributed by atoms with Crippen molar-refractivity contribution < 1.29 is 47.9 Å². The second-order valence-corrected chi connectivity index (χ2v) is 9.37. The summed E-state index contributed by atoms with van der Waals surface area (Å²) in [5.74, 6) is -2.24. The molecule has 0 amide bonds. The van der Waals surface area contributed by atoms with Gasteiger partial charge in [-0.15, -0.1) is 16.9 Å². The van der Waals surface area contributed by atoms with Crippen LogP contribution in [0.3, 0.4) is 0 Å². The number of nitrogens with one attached hydrogen (secondary N) is 1. The molecular weight excluding hydrogens is 469 g/mol. The van der Waals surface area contributed by atoms with Crippen LogP contribution in [-0.4, -0.2) is 72.5 Å². The molecule has 33 heavy (non-hydrogen) atoms. The molecule has 3 rings (SSSR count). The number of nitrogens with zero attached hydrogens (tertiary/aromatic N) is 1. The number of aliphatic hydroxyl groups is 3. The molecule has 5 atom stereocenters. The first-order valence-electron chi connectivity index (χ1n) is 9.87. The van der Waals surface area contributed by atoms with Gasteiger partial charge in [0.25, 0.3) is 0 Å². The molecule has 2 aromatic rings. The van der Waals surface area contributed by atoms with E-state index in [2.05, 4.69) is 5.10 Å². The van der Waals surface area contributed by atoms with Crippen molar-refractivity contribution in [3.05, 3.63) is 41.1 Å². The maximum absolute atomic E-state index is 13.5. The number of thioether (sulfide) groups is 1. The number of aliphatic hydroxyl groups excluding tert-OH is 3. The largest absolute Gasteiger partial charge is 0.479 e. The van der Waals surface area contributed by atoms with E-state index in [-0.39, 0.29) is 6.42 Å². The molecule has 1 unspecified atom stereocenters. The Morgan fingerprint density at radius 2 is 1.82 bits per heavy atom. The Labute approximate surface area is 190 Å². The van der Waals surface area contributed by atoms with Crippen LogP contribution in [0.2, 0.25) is 0 Å². The van der Waals surface area contributed by atoms with Crippen LogP contribution in [0.1, 0.15) is 30.7 Å². The van der Waals surface area contributed by atoms with E-state index in [9.17, 15) is 33.3 Å². The van der Waals surface area contributed by atoms with E-state index in [1.165, 1.54) is 0 Å². The zero-order valence-corrected chi connectivity index (χ0v) is 18.3. The number of hydrogen-bond acceptors (Lipinski definition) is 8. The lowest BCUT2D eigenvalue weighted by Gasteiger charge is -2.38. The third kappa shape index (κ3) is 5.79. The van der Waals surface area contributed by atoms with Crippen molar-refractivity contribution in [2.75, 3.05) is 0 Å². The highest BCUT2D eigenvalue weighted by atomic mass is 32.2. The Hall–Kier alpha value is -2.32. The van der Waals surface area contributed by atoms with Crippen LogP contribution in [0.4, 0.5) is 13.2 Å². The van der Waals surface area contributed by atoms with Gasteiger partial charge in [0.15, 0.2) is 6.10 Å². The van der Waals surface area contributed by atoms with Crippen molar-refractivity contribution in [3.8, 4) is 5.88 Å². The van der Waals surface area contributed by atoms with E-state index in [1.54, 1.807) is 36.0 Å². The summed E-state index contributed by atoms with van der Waals surface area (Å²) in [5.41, 5.74) is -1.06. The summed E-state index contributed by atoms with van der Waals surface area (Å²) >= 11 is 1.59. The van der Waals surface area contributed by atoms with Crippen molar-refractivity contribution in [3.63, 3.8) is 0 Å². The fraction of sp³-hybridized carbons (Fsp3) is 0.500. The molecule has 1 saturated heterocycles. The van der Waals surface area contributed by atoms with Gasteiger partial charge in [-0.2, -0.15) is 13.2 Å². The number of carboxylic acid groups (broad SMARTS) is 1. The minimum Gasteiger partial charge on any atom is -0.479 e. The number of aliphatic carboxylic acids is 1. The molecule has 1 aromatic heterocycles. The Bertz CT molecular complexity index is 968. The van der Waals surface area contributed by atoms with E-state index in [0.717, 1.165) is 4.90 Å². The third-order valence-electron chi connectivity index (χ3n) is 4.83. The number of hydrogen-bond donors (Lipinski definition) is 5. The molecule has 5 N–H and O–H groups in total. The molecule has 0 spiro atoms. The van der Waals surface area contributed by atoms with Crippen LogP contribution in [-0.2, 0) is 22.1 Å². The molecule has 13 heteroatoms. The average molecular weight is 492 g/mol. The minimum atomic E-state index is -4.80. The first kappa shape index (κ1) is 25.3.